The second kappa shape index (κ2) is 10.4. The number of hydrogen-bond donors (Lipinski definition) is 0. The normalized spacial score (nSPS) is 14.5. The van der Waals surface area contributed by atoms with Crippen LogP contribution in [0.25, 0.3) is 21.7 Å². The van der Waals surface area contributed by atoms with Gasteiger partial charge in [0, 0.05) is 11.5 Å². The molecule has 4 aromatic carbocycles. The van der Waals surface area contributed by atoms with Crippen LogP contribution in [0.1, 0.15) is 55.0 Å². The molecule has 1 aliphatic rings. The van der Waals surface area contributed by atoms with E-state index < -0.39 is 0 Å². The van der Waals surface area contributed by atoms with Crippen molar-refractivity contribution < 1.29 is 4.74 Å². The molecule has 1 heterocycles. The summed E-state index contributed by atoms with van der Waals surface area (Å²) in [5.74, 6) is 1.71. The molecule has 1 aliphatic carbocycles. The van der Waals surface area contributed by atoms with Gasteiger partial charge in [0.05, 0.1) is 17.1 Å². The highest BCUT2D eigenvalue weighted by atomic mass is 16.5. The second-order valence-corrected chi connectivity index (χ2v) is 9.66. The highest BCUT2D eigenvalue weighted by Crippen LogP contribution is 2.32. The lowest BCUT2D eigenvalue weighted by Crippen LogP contribution is -2.25. The van der Waals surface area contributed by atoms with Gasteiger partial charge in [-0.3, -0.25) is 4.79 Å². The Bertz CT molecular complexity index is 1630. The van der Waals surface area contributed by atoms with E-state index in [1.807, 2.05) is 72.8 Å². The first-order valence-corrected chi connectivity index (χ1v) is 13.0. The first-order valence-electron chi connectivity index (χ1n) is 13.0. The average Bonchev–Trinajstić information content (AvgIpc) is 2.96. The summed E-state index contributed by atoms with van der Waals surface area (Å²) < 4.78 is 7.80. The van der Waals surface area contributed by atoms with E-state index in [1.54, 1.807) is 6.21 Å². The Balaban J connectivity index is 1.46. The van der Waals surface area contributed by atoms with Gasteiger partial charge in [-0.05, 0) is 47.4 Å². The molecule has 0 unspecified atom stereocenters. The van der Waals surface area contributed by atoms with Crippen LogP contribution in [-0.2, 0) is 6.61 Å². The maximum absolute atomic E-state index is 13.7. The first-order chi connectivity index (χ1) is 18.3. The molecular weight excluding hydrogens is 458 g/mol. The summed E-state index contributed by atoms with van der Waals surface area (Å²) in [6.45, 7) is 0.449. The number of fused-ring (bicyclic) bond motifs is 2. The maximum atomic E-state index is 13.7. The van der Waals surface area contributed by atoms with Gasteiger partial charge in [0.25, 0.3) is 5.56 Å². The van der Waals surface area contributed by atoms with E-state index in [0.29, 0.717) is 12.0 Å². The Morgan fingerprint density at radius 1 is 0.838 bits per heavy atom. The van der Waals surface area contributed by atoms with Crippen LogP contribution < -0.4 is 10.3 Å². The molecule has 1 aromatic heterocycles. The maximum Gasteiger partial charge on any atom is 0.282 e. The van der Waals surface area contributed by atoms with Gasteiger partial charge in [0.15, 0.2) is 0 Å². The fraction of sp³-hybridized carbons (Fsp3) is 0.219. The van der Waals surface area contributed by atoms with Crippen molar-refractivity contribution in [1.29, 1.82) is 0 Å². The lowest BCUT2D eigenvalue weighted by molar-refractivity contribution is 0.306. The van der Waals surface area contributed by atoms with E-state index in [4.69, 9.17) is 14.8 Å². The summed E-state index contributed by atoms with van der Waals surface area (Å²) in [6, 6.07) is 29.9. The topological polar surface area (TPSA) is 56.5 Å². The summed E-state index contributed by atoms with van der Waals surface area (Å²) in [7, 11) is 0. The van der Waals surface area contributed by atoms with Crippen molar-refractivity contribution >= 4 is 27.9 Å². The van der Waals surface area contributed by atoms with E-state index >= 15 is 0 Å². The molecule has 37 heavy (non-hydrogen) atoms. The van der Waals surface area contributed by atoms with Crippen LogP contribution in [0.4, 0.5) is 0 Å². The van der Waals surface area contributed by atoms with Crippen LogP contribution in [0.2, 0.25) is 0 Å². The van der Waals surface area contributed by atoms with Gasteiger partial charge in [-0.15, -0.1) is 0 Å². The number of nitrogens with zero attached hydrogens (tertiary/aromatic N) is 3. The number of rotatable bonds is 6. The quantitative estimate of drug-likeness (QED) is 0.241. The monoisotopic (exact) mass is 487 g/mol. The van der Waals surface area contributed by atoms with Crippen molar-refractivity contribution in [3.8, 4) is 5.75 Å². The highest BCUT2D eigenvalue weighted by molar-refractivity contribution is 6.02. The molecule has 1 fully saturated rings. The van der Waals surface area contributed by atoms with Crippen LogP contribution in [0.15, 0.2) is 101 Å². The number of para-hydroxylation sites is 1. The van der Waals surface area contributed by atoms with Gasteiger partial charge in [0.2, 0.25) is 0 Å². The summed E-state index contributed by atoms with van der Waals surface area (Å²) in [5, 5.41) is 7.50. The Morgan fingerprint density at radius 3 is 2.41 bits per heavy atom. The molecule has 5 heteroatoms. The SMILES string of the molecule is O=c1c2ccccc2nc(C2CCCCC2)n1N=Cc1c(OCc2ccccc2)ccc2ccccc12. The van der Waals surface area contributed by atoms with Crippen LogP contribution >= 0.6 is 0 Å². The van der Waals surface area contributed by atoms with E-state index in [2.05, 4.69) is 18.2 Å². The molecule has 1 saturated carbocycles. The molecule has 0 aliphatic heterocycles. The fourth-order valence-corrected chi connectivity index (χ4v) is 5.26. The molecule has 0 N–H and O–H groups in total. The van der Waals surface area contributed by atoms with Crippen molar-refractivity contribution in [3.63, 3.8) is 0 Å². The number of ether oxygens (including phenoxy) is 1. The number of benzene rings is 4. The summed E-state index contributed by atoms with van der Waals surface area (Å²) in [6.07, 6.45) is 7.36. The minimum Gasteiger partial charge on any atom is -0.488 e. The van der Waals surface area contributed by atoms with Crippen molar-refractivity contribution in [2.45, 2.75) is 44.6 Å². The van der Waals surface area contributed by atoms with E-state index in [-0.39, 0.29) is 11.5 Å². The summed E-state index contributed by atoms with van der Waals surface area (Å²) in [4.78, 5) is 18.6. The van der Waals surface area contributed by atoms with Crippen molar-refractivity contribution in [2.24, 2.45) is 5.10 Å². The Hall–Kier alpha value is -4.25. The molecule has 0 atom stereocenters. The zero-order valence-electron chi connectivity index (χ0n) is 20.7. The third-order valence-corrected chi connectivity index (χ3v) is 7.22. The Kier molecular flexibility index (Phi) is 6.51. The van der Waals surface area contributed by atoms with Crippen molar-refractivity contribution in [1.82, 2.24) is 9.66 Å². The fourth-order valence-electron chi connectivity index (χ4n) is 5.26. The van der Waals surface area contributed by atoms with Gasteiger partial charge in [-0.1, -0.05) is 92.1 Å². The molecule has 0 radical (unpaired) electrons. The minimum atomic E-state index is -0.130. The zero-order valence-corrected chi connectivity index (χ0v) is 20.7. The minimum absolute atomic E-state index is 0.130. The lowest BCUT2D eigenvalue weighted by Gasteiger charge is -2.22. The summed E-state index contributed by atoms with van der Waals surface area (Å²) in [5.41, 5.74) is 2.54. The van der Waals surface area contributed by atoms with Crippen LogP contribution in [0, 0.1) is 0 Å². The predicted octanol–water partition coefficient (Wildman–Crippen LogP) is 7.06. The molecule has 184 valence electrons. The predicted molar refractivity (Wildman–Crippen MR) is 150 cm³/mol. The van der Waals surface area contributed by atoms with E-state index in [1.165, 1.54) is 11.1 Å². The smallest absolute Gasteiger partial charge is 0.282 e. The third-order valence-electron chi connectivity index (χ3n) is 7.22. The average molecular weight is 488 g/mol. The summed E-state index contributed by atoms with van der Waals surface area (Å²) >= 11 is 0. The van der Waals surface area contributed by atoms with Gasteiger partial charge >= 0.3 is 0 Å². The molecule has 5 nitrogen and oxygen atoms in total. The number of aromatic nitrogens is 2. The van der Waals surface area contributed by atoms with E-state index in [0.717, 1.165) is 64.7 Å². The molecule has 0 amide bonds. The molecular formula is C32H29N3O2. The van der Waals surface area contributed by atoms with Gasteiger partial charge in [-0.2, -0.15) is 9.78 Å². The molecule has 0 bridgehead atoms. The second-order valence-electron chi connectivity index (χ2n) is 9.66. The molecule has 0 spiro atoms. The first kappa shape index (κ1) is 23.2. The third kappa shape index (κ3) is 4.77. The van der Waals surface area contributed by atoms with E-state index in [9.17, 15) is 4.79 Å². The van der Waals surface area contributed by atoms with Crippen molar-refractivity contribution in [2.75, 3.05) is 0 Å². The molecule has 6 rings (SSSR count). The number of hydrogen-bond acceptors (Lipinski definition) is 4. The van der Waals surface area contributed by atoms with Crippen LogP contribution in [-0.4, -0.2) is 15.9 Å². The zero-order chi connectivity index (χ0) is 25.0. The van der Waals surface area contributed by atoms with Crippen LogP contribution in [0.3, 0.4) is 0 Å². The van der Waals surface area contributed by atoms with Gasteiger partial charge in [0.1, 0.15) is 18.2 Å². The van der Waals surface area contributed by atoms with Gasteiger partial charge < -0.3 is 4.74 Å². The highest BCUT2D eigenvalue weighted by Gasteiger charge is 2.22. The lowest BCUT2D eigenvalue weighted by atomic mass is 9.88. The van der Waals surface area contributed by atoms with Crippen molar-refractivity contribution in [3.05, 3.63) is 118 Å². The largest absolute Gasteiger partial charge is 0.488 e. The standard InChI is InChI=1S/C32H29N3O2/c36-32-27-17-9-10-18-29(27)34-31(25-14-5-2-6-15-25)35(32)33-21-28-26-16-8-7-13-24(26)19-20-30(28)37-22-23-11-3-1-4-12-23/h1,3-4,7-13,16-21,25H,2,5-6,14-15,22H2. The Morgan fingerprint density at radius 2 is 1.57 bits per heavy atom. The van der Waals surface area contributed by atoms with Crippen LogP contribution in [0.5, 0.6) is 5.75 Å². The van der Waals surface area contributed by atoms with Gasteiger partial charge in [-0.25, -0.2) is 4.98 Å². The molecule has 0 saturated heterocycles. The molecule has 5 aromatic rings. The Labute approximate surface area is 216 Å².